The Morgan fingerprint density at radius 3 is 2.65 bits per heavy atom. The zero-order chi connectivity index (χ0) is 18.1. The topological polar surface area (TPSA) is 73.0 Å². The summed E-state index contributed by atoms with van der Waals surface area (Å²) in [6, 6.07) is 7.42. The zero-order valence-corrected chi connectivity index (χ0v) is 14.7. The van der Waals surface area contributed by atoms with Crippen LogP contribution in [0.3, 0.4) is 0 Å². The highest BCUT2D eigenvalue weighted by molar-refractivity contribution is 5.76. The van der Waals surface area contributed by atoms with E-state index in [2.05, 4.69) is 9.97 Å². The minimum atomic E-state index is -0.0686. The van der Waals surface area contributed by atoms with Crippen LogP contribution in [0.25, 0.3) is 10.9 Å². The van der Waals surface area contributed by atoms with E-state index in [1.807, 2.05) is 29.2 Å². The Morgan fingerprint density at radius 2 is 1.85 bits per heavy atom. The molecule has 1 fully saturated rings. The summed E-state index contributed by atoms with van der Waals surface area (Å²) < 4.78 is 3.26. The summed E-state index contributed by atoms with van der Waals surface area (Å²) >= 11 is 0. The molecule has 7 nitrogen and oxygen atoms in total. The molecule has 26 heavy (non-hydrogen) atoms. The molecule has 3 heterocycles. The molecule has 134 valence electrons. The van der Waals surface area contributed by atoms with E-state index in [9.17, 15) is 9.59 Å². The van der Waals surface area contributed by atoms with E-state index in [-0.39, 0.29) is 11.1 Å². The van der Waals surface area contributed by atoms with E-state index in [0.717, 1.165) is 31.4 Å². The molecule has 1 saturated heterocycles. The van der Waals surface area contributed by atoms with Gasteiger partial charge in [0.15, 0.2) is 5.82 Å². The molecule has 1 aliphatic heterocycles. The van der Waals surface area contributed by atoms with Gasteiger partial charge in [-0.15, -0.1) is 0 Å². The highest BCUT2D eigenvalue weighted by atomic mass is 16.1. The normalized spacial score (nSPS) is 15.5. The molecule has 0 amide bonds. The Hall–Kier alpha value is -2.96. The van der Waals surface area contributed by atoms with Crippen LogP contribution in [0.1, 0.15) is 12.8 Å². The predicted molar refractivity (Wildman–Crippen MR) is 100 cm³/mol. The fourth-order valence-electron chi connectivity index (χ4n) is 3.54. The Morgan fingerprint density at radius 1 is 1.08 bits per heavy atom. The third-order valence-electron chi connectivity index (χ3n) is 5.10. The number of fused-ring (bicyclic) bond motifs is 1. The minimum absolute atomic E-state index is 0.0108. The summed E-state index contributed by atoms with van der Waals surface area (Å²) in [4.78, 5) is 35.5. The lowest BCUT2D eigenvalue weighted by Crippen LogP contribution is -2.40. The van der Waals surface area contributed by atoms with Crippen LogP contribution in [-0.2, 0) is 13.6 Å². The third-order valence-corrected chi connectivity index (χ3v) is 5.10. The van der Waals surface area contributed by atoms with Crippen molar-refractivity contribution in [1.82, 2.24) is 19.1 Å². The maximum absolute atomic E-state index is 12.6. The van der Waals surface area contributed by atoms with Crippen LogP contribution in [-0.4, -0.2) is 32.2 Å². The number of nitrogens with zero attached hydrogens (tertiary/aromatic N) is 5. The van der Waals surface area contributed by atoms with Gasteiger partial charge >= 0.3 is 0 Å². The fourth-order valence-corrected chi connectivity index (χ4v) is 3.54. The summed E-state index contributed by atoms with van der Waals surface area (Å²) in [5.41, 5.74) is 0.673. The highest BCUT2D eigenvalue weighted by Crippen LogP contribution is 2.21. The van der Waals surface area contributed by atoms with Crippen molar-refractivity contribution in [1.29, 1.82) is 0 Å². The number of piperidine rings is 1. The summed E-state index contributed by atoms with van der Waals surface area (Å²) in [6.45, 7) is 2.20. The average Bonchev–Trinajstić information content (AvgIpc) is 2.67. The molecule has 3 aromatic rings. The molecule has 1 aliphatic rings. The van der Waals surface area contributed by atoms with Gasteiger partial charge in [0.2, 0.25) is 0 Å². The van der Waals surface area contributed by atoms with Gasteiger partial charge in [0.05, 0.1) is 17.2 Å². The second kappa shape index (κ2) is 6.74. The number of hydrogen-bond donors (Lipinski definition) is 0. The van der Waals surface area contributed by atoms with Crippen molar-refractivity contribution < 1.29 is 0 Å². The summed E-state index contributed by atoms with van der Waals surface area (Å²) in [5, 5.41) is 0.657. The molecular formula is C19H21N5O2. The van der Waals surface area contributed by atoms with Crippen molar-refractivity contribution in [2.24, 2.45) is 13.0 Å². The van der Waals surface area contributed by atoms with Gasteiger partial charge in [0, 0.05) is 39.1 Å². The first kappa shape index (κ1) is 16.5. The molecule has 0 atom stereocenters. The van der Waals surface area contributed by atoms with E-state index in [0.29, 0.717) is 23.7 Å². The molecule has 0 aliphatic carbocycles. The van der Waals surface area contributed by atoms with Crippen molar-refractivity contribution in [3.8, 4) is 0 Å². The number of anilines is 1. The maximum Gasteiger partial charge on any atom is 0.293 e. The molecule has 7 heteroatoms. The molecule has 0 N–H and O–H groups in total. The van der Waals surface area contributed by atoms with Crippen molar-refractivity contribution in [3.63, 3.8) is 0 Å². The lowest BCUT2D eigenvalue weighted by Gasteiger charge is -2.32. The minimum Gasteiger partial charge on any atom is -0.352 e. The lowest BCUT2D eigenvalue weighted by atomic mass is 9.96. The van der Waals surface area contributed by atoms with Gasteiger partial charge in [-0.25, -0.2) is 9.97 Å². The van der Waals surface area contributed by atoms with E-state index >= 15 is 0 Å². The molecule has 0 unspecified atom stereocenters. The maximum atomic E-state index is 12.6. The number of aryl methyl sites for hydroxylation is 1. The highest BCUT2D eigenvalue weighted by Gasteiger charge is 2.23. The smallest absolute Gasteiger partial charge is 0.293 e. The molecule has 2 aromatic heterocycles. The first-order valence-corrected chi connectivity index (χ1v) is 8.84. The van der Waals surface area contributed by atoms with E-state index in [1.54, 1.807) is 34.9 Å². The van der Waals surface area contributed by atoms with Crippen LogP contribution in [0.2, 0.25) is 0 Å². The van der Waals surface area contributed by atoms with E-state index in [4.69, 9.17) is 0 Å². The monoisotopic (exact) mass is 351 g/mol. The first-order chi connectivity index (χ1) is 12.6. The lowest BCUT2D eigenvalue weighted by molar-refractivity contribution is 0.350. The SMILES string of the molecule is Cn1ccnc(N2CCC(Cn3cnc4ccccc4c3=O)CC2)c1=O. The Labute approximate surface area is 150 Å². The van der Waals surface area contributed by atoms with Crippen LogP contribution < -0.4 is 16.0 Å². The van der Waals surface area contributed by atoms with Gasteiger partial charge in [-0.05, 0) is 30.9 Å². The Balaban J connectivity index is 1.48. The summed E-state index contributed by atoms with van der Waals surface area (Å²) in [6.07, 6.45) is 6.80. The molecule has 0 saturated carbocycles. The zero-order valence-electron chi connectivity index (χ0n) is 14.7. The molecule has 0 spiro atoms. The van der Waals surface area contributed by atoms with Crippen LogP contribution in [0.5, 0.6) is 0 Å². The molecule has 4 rings (SSSR count). The summed E-state index contributed by atoms with van der Waals surface area (Å²) in [5.74, 6) is 0.900. The Bertz CT molecular complexity index is 1050. The van der Waals surface area contributed by atoms with Crippen molar-refractivity contribution in [2.45, 2.75) is 19.4 Å². The average molecular weight is 351 g/mol. The van der Waals surface area contributed by atoms with Gasteiger partial charge in [0.25, 0.3) is 11.1 Å². The molecular weight excluding hydrogens is 330 g/mol. The predicted octanol–water partition coefficient (Wildman–Crippen LogP) is 1.41. The third kappa shape index (κ3) is 3.00. The quantitative estimate of drug-likeness (QED) is 0.713. The Kier molecular flexibility index (Phi) is 4.28. The largest absolute Gasteiger partial charge is 0.352 e. The number of rotatable bonds is 3. The van der Waals surface area contributed by atoms with Gasteiger partial charge in [-0.3, -0.25) is 14.2 Å². The van der Waals surface area contributed by atoms with Crippen molar-refractivity contribution >= 4 is 16.7 Å². The van der Waals surface area contributed by atoms with Crippen molar-refractivity contribution in [2.75, 3.05) is 18.0 Å². The second-order valence-electron chi connectivity index (χ2n) is 6.82. The van der Waals surface area contributed by atoms with E-state index in [1.165, 1.54) is 0 Å². The number of hydrogen-bond acceptors (Lipinski definition) is 5. The second-order valence-corrected chi connectivity index (χ2v) is 6.82. The molecule has 0 radical (unpaired) electrons. The number of aromatic nitrogens is 4. The van der Waals surface area contributed by atoms with Crippen LogP contribution in [0.4, 0.5) is 5.82 Å². The standard InChI is InChI=1S/C19H21N5O2/c1-22-11-8-20-17(19(22)26)23-9-6-14(7-10-23)12-24-13-21-16-5-3-2-4-15(16)18(24)25/h2-5,8,11,13-14H,6-7,9-10,12H2,1H3. The van der Waals surface area contributed by atoms with Gasteiger partial charge < -0.3 is 9.47 Å². The summed E-state index contributed by atoms with van der Waals surface area (Å²) in [7, 11) is 1.74. The number of para-hydroxylation sites is 1. The fraction of sp³-hybridized carbons (Fsp3) is 0.368. The van der Waals surface area contributed by atoms with Crippen molar-refractivity contribution in [3.05, 3.63) is 63.7 Å². The van der Waals surface area contributed by atoms with Crippen LogP contribution in [0.15, 0.2) is 52.6 Å². The molecule has 0 bridgehead atoms. The van der Waals surface area contributed by atoms with Crippen LogP contribution in [0, 0.1) is 5.92 Å². The van der Waals surface area contributed by atoms with Gasteiger partial charge in [-0.2, -0.15) is 0 Å². The van der Waals surface area contributed by atoms with Crippen LogP contribution >= 0.6 is 0 Å². The van der Waals surface area contributed by atoms with Gasteiger partial charge in [-0.1, -0.05) is 12.1 Å². The first-order valence-electron chi connectivity index (χ1n) is 8.84. The molecule has 1 aromatic carbocycles. The van der Waals surface area contributed by atoms with E-state index < -0.39 is 0 Å². The van der Waals surface area contributed by atoms with Gasteiger partial charge in [0.1, 0.15) is 0 Å². The number of benzene rings is 1.